The van der Waals surface area contributed by atoms with Crippen molar-refractivity contribution >= 4 is 23.4 Å². The lowest BCUT2D eigenvalue weighted by atomic mass is 10.2. The van der Waals surface area contributed by atoms with Crippen LogP contribution >= 0.6 is 11.6 Å². The van der Waals surface area contributed by atoms with E-state index in [1.807, 2.05) is 0 Å². The first-order valence-corrected chi connectivity index (χ1v) is 6.52. The van der Waals surface area contributed by atoms with Gasteiger partial charge in [-0.05, 0) is 37.2 Å². The Morgan fingerprint density at radius 2 is 1.74 bits per heavy atom. The molecule has 0 spiro atoms. The predicted octanol–water partition coefficient (Wildman–Crippen LogP) is 0.925. The Kier molecular flexibility index (Phi) is 6.92. The first kappa shape index (κ1) is 15.5. The molecule has 0 heterocycles. The van der Waals surface area contributed by atoms with Crippen molar-refractivity contribution in [2.24, 2.45) is 5.73 Å². The molecule has 0 atom stereocenters. The van der Waals surface area contributed by atoms with Crippen LogP contribution in [0.3, 0.4) is 0 Å². The topological polar surface area (TPSA) is 84.2 Å². The van der Waals surface area contributed by atoms with E-state index in [1.54, 1.807) is 24.3 Å². The minimum atomic E-state index is -0.187. The summed E-state index contributed by atoms with van der Waals surface area (Å²) in [5, 5.41) is 6.00. The van der Waals surface area contributed by atoms with Gasteiger partial charge in [0.1, 0.15) is 0 Å². The number of halogens is 1. The lowest BCUT2D eigenvalue weighted by Crippen LogP contribution is -2.34. The SMILES string of the molecule is NCCCC(=O)NCCNC(=O)c1ccc(Cl)cc1. The summed E-state index contributed by atoms with van der Waals surface area (Å²) >= 11 is 5.73. The molecule has 0 radical (unpaired) electrons. The summed E-state index contributed by atoms with van der Waals surface area (Å²) in [6.45, 7) is 1.29. The molecule has 0 saturated carbocycles. The molecule has 0 unspecified atom stereocenters. The largest absolute Gasteiger partial charge is 0.354 e. The van der Waals surface area contributed by atoms with E-state index < -0.39 is 0 Å². The van der Waals surface area contributed by atoms with Crippen LogP contribution in [-0.2, 0) is 4.79 Å². The molecule has 1 aromatic rings. The number of nitrogens with two attached hydrogens (primary N) is 1. The van der Waals surface area contributed by atoms with Gasteiger partial charge in [-0.3, -0.25) is 9.59 Å². The molecule has 0 aromatic heterocycles. The van der Waals surface area contributed by atoms with Crippen LogP contribution in [0, 0.1) is 0 Å². The third kappa shape index (κ3) is 6.22. The number of rotatable bonds is 7. The van der Waals surface area contributed by atoms with Crippen LogP contribution in [0.25, 0.3) is 0 Å². The minimum Gasteiger partial charge on any atom is -0.354 e. The summed E-state index contributed by atoms with van der Waals surface area (Å²) in [4.78, 5) is 22.9. The van der Waals surface area contributed by atoms with Gasteiger partial charge in [0.25, 0.3) is 5.91 Å². The molecular weight excluding hydrogens is 266 g/mol. The van der Waals surface area contributed by atoms with E-state index in [9.17, 15) is 9.59 Å². The van der Waals surface area contributed by atoms with Gasteiger partial charge in [-0.2, -0.15) is 0 Å². The lowest BCUT2D eigenvalue weighted by Gasteiger charge is -2.07. The number of amides is 2. The molecule has 1 aromatic carbocycles. The molecule has 0 bridgehead atoms. The maximum atomic E-state index is 11.7. The van der Waals surface area contributed by atoms with E-state index in [0.29, 0.717) is 43.1 Å². The van der Waals surface area contributed by atoms with Gasteiger partial charge >= 0.3 is 0 Å². The van der Waals surface area contributed by atoms with E-state index in [-0.39, 0.29) is 11.8 Å². The van der Waals surface area contributed by atoms with Gasteiger partial charge in [0.2, 0.25) is 5.91 Å². The summed E-state index contributed by atoms with van der Waals surface area (Å²) in [6.07, 6.45) is 1.09. The van der Waals surface area contributed by atoms with E-state index in [1.165, 1.54) is 0 Å². The van der Waals surface area contributed by atoms with Crippen LogP contribution in [0.2, 0.25) is 5.02 Å². The Hall–Kier alpha value is -1.59. The van der Waals surface area contributed by atoms with Crippen LogP contribution in [-0.4, -0.2) is 31.4 Å². The van der Waals surface area contributed by atoms with Crippen LogP contribution in [0.4, 0.5) is 0 Å². The Morgan fingerprint density at radius 1 is 1.11 bits per heavy atom. The van der Waals surface area contributed by atoms with Crippen molar-refractivity contribution < 1.29 is 9.59 Å². The summed E-state index contributed by atoms with van der Waals surface area (Å²) < 4.78 is 0. The lowest BCUT2D eigenvalue weighted by molar-refractivity contribution is -0.121. The van der Waals surface area contributed by atoms with E-state index in [0.717, 1.165) is 0 Å². The Morgan fingerprint density at radius 3 is 2.37 bits per heavy atom. The maximum Gasteiger partial charge on any atom is 0.251 e. The summed E-state index contributed by atoms with van der Waals surface area (Å²) in [6, 6.07) is 6.62. The molecule has 2 amide bonds. The van der Waals surface area contributed by atoms with Gasteiger partial charge in [-0.1, -0.05) is 11.6 Å². The number of hydrogen-bond donors (Lipinski definition) is 3. The van der Waals surface area contributed by atoms with Crippen LogP contribution in [0.1, 0.15) is 23.2 Å². The number of carbonyl (C=O) groups excluding carboxylic acids is 2. The number of carbonyl (C=O) groups is 2. The van der Waals surface area contributed by atoms with Gasteiger partial charge < -0.3 is 16.4 Å². The Labute approximate surface area is 117 Å². The third-order valence-corrected chi connectivity index (χ3v) is 2.70. The highest BCUT2D eigenvalue weighted by molar-refractivity contribution is 6.30. The summed E-state index contributed by atoms with van der Waals surface area (Å²) in [5.41, 5.74) is 5.84. The Balaban J connectivity index is 2.20. The first-order valence-electron chi connectivity index (χ1n) is 6.14. The fourth-order valence-corrected chi connectivity index (χ4v) is 1.56. The average Bonchev–Trinajstić information content (AvgIpc) is 2.41. The third-order valence-electron chi connectivity index (χ3n) is 2.45. The smallest absolute Gasteiger partial charge is 0.251 e. The summed E-state index contributed by atoms with van der Waals surface area (Å²) in [5.74, 6) is -0.237. The molecule has 5 nitrogen and oxygen atoms in total. The molecule has 0 fully saturated rings. The molecule has 6 heteroatoms. The molecule has 104 valence electrons. The highest BCUT2D eigenvalue weighted by Gasteiger charge is 2.04. The summed E-state index contributed by atoms with van der Waals surface area (Å²) in [7, 11) is 0. The zero-order chi connectivity index (χ0) is 14.1. The maximum absolute atomic E-state index is 11.7. The zero-order valence-corrected chi connectivity index (χ0v) is 11.4. The van der Waals surface area contributed by atoms with Gasteiger partial charge in [0, 0.05) is 30.1 Å². The number of benzene rings is 1. The van der Waals surface area contributed by atoms with E-state index in [2.05, 4.69) is 10.6 Å². The minimum absolute atomic E-state index is 0.0498. The van der Waals surface area contributed by atoms with Crippen molar-refractivity contribution in [2.75, 3.05) is 19.6 Å². The van der Waals surface area contributed by atoms with E-state index in [4.69, 9.17) is 17.3 Å². The van der Waals surface area contributed by atoms with Crippen molar-refractivity contribution in [1.82, 2.24) is 10.6 Å². The van der Waals surface area contributed by atoms with Gasteiger partial charge in [-0.25, -0.2) is 0 Å². The van der Waals surface area contributed by atoms with Crippen molar-refractivity contribution in [3.8, 4) is 0 Å². The standard InChI is InChI=1S/C13H18ClN3O2/c14-11-5-3-10(4-6-11)13(19)17-9-8-16-12(18)2-1-7-15/h3-6H,1-2,7-9,15H2,(H,16,18)(H,17,19). The van der Waals surface area contributed by atoms with E-state index >= 15 is 0 Å². The second-order valence-electron chi connectivity index (χ2n) is 4.00. The van der Waals surface area contributed by atoms with Crippen LogP contribution in [0.15, 0.2) is 24.3 Å². The molecule has 0 aliphatic heterocycles. The van der Waals surface area contributed by atoms with Crippen molar-refractivity contribution in [1.29, 1.82) is 0 Å². The van der Waals surface area contributed by atoms with Crippen molar-refractivity contribution in [3.63, 3.8) is 0 Å². The van der Waals surface area contributed by atoms with Gasteiger partial charge in [0.15, 0.2) is 0 Å². The molecule has 0 saturated heterocycles. The highest BCUT2D eigenvalue weighted by Crippen LogP contribution is 2.08. The predicted molar refractivity (Wildman–Crippen MR) is 75.1 cm³/mol. The number of hydrogen-bond acceptors (Lipinski definition) is 3. The van der Waals surface area contributed by atoms with Gasteiger partial charge in [-0.15, -0.1) is 0 Å². The molecule has 4 N–H and O–H groups in total. The van der Waals surface area contributed by atoms with Crippen LogP contribution in [0.5, 0.6) is 0 Å². The second-order valence-corrected chi connectivity index (χ2v) is 4.44. The molecule has 1 rings (SSSR count). The molecule has 0 aliphatic rings. The quantitative estimate of drug-likeness (QED) is 0.651. The first-order chi connectivity index (χ1) is 9.13. The normalized spacial score (nSPS) is 10.0. The zero-order valence-electron chi connectivity index (χ0n) is 10.6. The van der Waals surface area contributed by atoms with Crippen molar-refractivity contribution in [2.45, 2.75) is 12.8 Å². The molecule has 0 aliphatic carbocycles. The second kappa shape index (κ2) is 8.50. The van der Waals surface area contributed by atoms with Gasteiger partial charge in [0.05, 0.1) is 0 Å². The molecule has 19 heavy (non-hydrogen) atoms. The highest BCUT2D eigenvalue weighted by atomic mass is 35.5. The number of nitrogens with one attached hydrogen (secondary N) is 2. The van der Waals surface area contributed by atoms with Crippen LogP contribution < -0.4 is 16.4 Å². The fraction of sp³-hybridized carbons (Fsp3) is 0.385. The fourth-order valence-electron chi connectivity index (χ4n) is 1.43. The monoisotopic (exact) mass is 283 g/mol. The average molecular weight is 284 g/mol. The Bertz CT molecular complexity index is 420. The molecular formula is C13H18ClN3O2. The van der Waals surface area contributed by atoms with Crippen molar-refractivity contribution in [3.05, 3.63) is 34.9 Å².